The lowest BCUT2D eigenvalue weighted by atomic mass is 9.80. The molecule has 2 aliphatic rings. The third kappa shape index (κ3) is 1.57. The highest BCUT2D eigenvalue weighted by Gasteiger charge is 2.37. The highest BCUT2D eigenvalue weighted by molar-refractivity contribution is 6.13. The first kappa shape index (κ1) is 13.0. The van der Waals surface area contributed by atoms with Gasteiger partial charge in [0.25, 0.3) is 0 Å². The van der Waals surface area contributed by atoms with E-state index in [0.29, 0.717) is 0 Å². The van der Waals surface area contributed by atoms with Crippen molar-refractivity contribution in [3.8, 4) is 0 Å². The molecular weight excluding hydrogens is 280 g/mol. The Hall–Kier alpha value is -2.54. The number of fused-ring (bicyclic) bond motifs is 6. The van der Waals surface area contributed by atoms with Gasteiger partial charge in [-0.15, -0.1) is 0 Å². The third-order valence-corrected chi connectivity index (χ3v) is 5.29. The smallest absolute Gasteiger partial charge is 0.136 e. The molecule has 1 nitrogen and oxygen atoms in total. The first-order valence-corrected chi connectivity index (χ1v) is 8.21. The van der Waals surface area contributed by atoms with E-state index < -0.39 is 0 Å². The van der Waals surface area contributed by atoms with Crippen LogP contribution in [-0.2, 0) is 5.41 Å². The molecule has 0 unspecified atom stereocenters. The fourth-order valence-corrected chi connectivity index (χ4v) is 4.16. The number of rotatable bonds is 0. The van der Waals surface area contributed by atoms with Crippen LogP contribution >= 0.6 is 0 Å². The second-order valence-corrected chi connectivity index (χ2v) is 6.95. The maximum Gasteiger partial charge on any atom is 0.136 e. The molecule has 3 aromatic rings. The molecule has 112 valence electrons. The molecule has 0 atom stereocenters. The average Bonchev–Trinajstić information content (AvgIpc) is 2.87. The highest BCUT2D eigenvalue weighted by Crippen LogP contribution is 2.51. The summed E-state index contributed by atoms with van der Waals surface area (Å²) in [5, 5.41) is 2.47. The molecular formula is C22H18O. The van der Waals surface area contributed by atoms with Crippen LogP contribution in [0.1, 0.15) is 31.4 Å². The topological polar surface area (TPSA) is 13.1 Å². The maximum atomic E-state index is 6.09. The molecule has 0 fully saturated rings. The van der Waals surface area contributed by atoms with Gasteiger partial charge in [-0.2, -0.15) is 0 Å². The minimum absolute atomic E-state index is 0.0302. The fourth-order valence-electron chi connectivity index (χ4n) is 4.16. The number of hydrogen-bond donors (Lipinski definition) is 0. The first-order valence-electron chi connectivity index (χ1n) is 8.21. The third-order valence-electron chi connectivity index (χ3n) is 5.29. The Morgan fingerprint density at radius 1 is 0.913 bits per heavy atom. The van der Waals surface area contributed by atoms with E-state index in [-0.39, 0.29) is 5.41 Å². The number of para-hydroxylation sites is 1. The van der Waals surface area contributed by atoms with Crippen LogP contribution in [0.2, 0.25) is 0 Å². The summed E-state index contributed by atoms with van der Waals surface area (Å²) in [5.74, 6) is 0. The van der Waals surface area contributed by atoms with E-state index in [4.69, 9.17) is 4.42 Å². The van der Waals surface area contributed by atoms with Gasteiger partial charge in [0.15, 0.2) is 0 Å². The van der Waals surface area contributed by atoms with Gasteiger partial charge in [-0.25, -0.2) is 0 Å². The molecule has 0 N–H and O–H groups in total. The van der Waals surface area contributed by atoms with Crippen molar-refractivity contribution in [2.45, 2.75) is 25.7 Å². The summed E-state index contributed by atoms with van der Waals surface area (Å²) in [4.78, 5) is 0. The second-order valence-electron chi connectivity index (χ2n) is 6.95. The standard InChI is InChI=1S/C22H18O/c1-22(2)16-10-5-3-4-8-14(16)20-17(22)12-13-19-21(20)15-9-6-7-11-18(15)23-19/h4-13H,3H2,1-2H3. The van der Waals surface area contributed by atoms with E-state index in [1.807, 2.05) is 6.07 Å². The monoisotopic (exact) mass is 298 g/mol. The lowest BCUT2D eigenvalue weighted by Crippen LogP contribution is -2.16. The van der Waals surface area contributed by atoms with E-state index >= 15 is 0 Å². The Kier molecular flexibility index (Phi) is 2.40. The van der Waals surface area contributed by atoms with Crippen molar-refractivity contribution in [2.24, 2.45) is 0 Å². The summed E-state index contributed by atoms with van der Waals surface area (Å²) in [6.45, 7) is 4.65. The molecule has 2 aromatic carbocycles. The zero-order chi connectivity index (χ0) is 15.6. The molecule has 0 spiro atoms. The lowest BCUT2D eigenvalue weighted by Gasteiger charge is -2.22. The maximum absolute atomic E-state index is 6.09. The summed E-state index contributed by atoms with van der Waals surface area (Å²) in [6.07, 6.45) is 10.1. The Labute approximate surface area is 135 Å². The van der Waals surface area contributed by atoms with Crippen molar-refractivity contribution in [2.75, 3.05) is 0 Å². The normalized spacial score (nSPS) is 18.5. The molecule has 0 bridgehead atoms. The van der Waals surface area contributed by atoms with Crippen LogP contribution in [0, 0.1) is 0 Å². The molecule has 0 saturated carbocycles. The summed E-state index contributed by atoms with van der Waals surface area (Å²) in [7, 11) is 0. The molecule has 5 rings (SSSR count). The first-order chi connectivity index (χ1) is 11.2. The quantitative estimate of drug-likeness (QED) is 0.485. The zero-order valence-corrected chi connectivity index (χ0v) is 13.4. The molecule has 2 aliphatic carbocycles. The van der Waals surface area contributed by atoms with Gasteiger partial charge in [0.1, 0.15) is 11.2 Å². The highest BCUT2D eigenvalue weighted by atomic mass is 16.3. The van der Waals surface area contributed by atoms with Gasteiger partial charge in [0, 0.05) is 16.2 Å². The summed E-state index contributed by atoms with van der Waals surface area (Å²) in [6, 6.07) is 12.7. The van der Waals surface area contributed by atoms with E-state index in [1.165, 1.54) is 33.0 Å². The van der Waals surface area contributed by atoms with E-state index in [1.54, 1.807) is 0 Å². The zero-order valence-electron chi connectivity index (χ0n) is 13.4. The molecule has 1 heteroatoms. The van der Waals surface area contributed by atoms with Gasteiger partial charge in [-0.1, -0.05) is 62.4 Å². The van der Waals surface area contributed by atoms with E-state index in [2.05, 4.69) is 68.5 Å². The summed E-state index contributed by atoms with van der Waals surface area (Å²) >= 11 is 0. The number of furan rings is 1. The van der Waals surface area contributed by atoms with Crippen molar-refractivity contribution < 1.29 is 4.42 Å². The molecule has 0 radical (unpaired) electrons. The Balaban J connectivity index is 2.00. The van der Waals surface area contributed by atoms with Gasteiger partial charge >= 0.3 is 0 Å². The van der Waals surface area contributed by atoms with Crippen molar-refractivity contribution >= 4 is 27.5 Å². The SMILES string of the molecule is CC1(C)C2=C(C=CCC=C2)c2c1ccc1oc3ccccc3c21. The van der Waals surface area contributed by atoms with Crippen molar-refractivity contribution in [1.29, 1.82) is 0 Å². The van der Waals surface area contributed by atoms with Crippen molar-refractivity contribution in [3.05, 3.63) is 77.4 Å². The summed E-state index contributed by atoms with van der Waals surface area (Å²) < 4.78 is 6.09. The predicted octanol–water partition coefficient (Wildman–Crippen LogP) is 6.15. The molecule has 0 amide bonds. The summed E-state index contributed by atoms with van der Waals surface area (Å²) in [5.41, 5.74) is 7.51. The van der Waals surface area contributed by atoms with Crippen LogP contribution in [0.4, 0.5) is 0 Å². The van der Waals surface area contributed by atoms with Crippen LogP contribution in [0.5, 0.6) is 0 Å². The molecule has 1 aromatic heterocycles. The average molecular weight is 298 g/mol. The number of benzene rings is 2. The van der Waals surface area contributed by atoms with Gasteiger partial charge in [-0.05, 0) is 40.8 Å². The Bertz CT molecular complexity index is 1050. The number of hydrogen-bond acceptors (Lipinski definition) is 1. The van der Waals surface area contributed by atoms with Crippen LogP contribution in [0.3, 0.4) is 0 Å². The molecule has 0 aliphatic heterocycles. The van der Waals surface area contributed by atoms with Crippen molar-refractivity contribution in [1.82, 2.24) is 0 Å². The van der Waals surface area contributed by atoms with Crippen LogP contribution in [0.25, 0.3) is 27.5 Å². The van der Waals surface area contributed by atoms with Gasteiger partial charge < -0.3 is 4.42 Å². The van der Waals surface area contributed by atoms with E-state index in [0.717, 1.165) is 17.6 Å². The van der Waals surface area contributed by atoms with Gasteiger partial charge in [0.2, 0.25) is 0 Å². The predicted molar refractivity (Wildman–Crippen MR) is 96.6 cm³/mol. The van der Waals surface area contributed by atoms with Gasteiger partial charge in [-0.3, -0.25) is 0 Å². The van der Waals surface area contributed by atoms with Crippen molar-refractivity contribution in [3.63, 3.8) is 0 Å². The molecule has 1 heterocycles. The largest absolute Gasteiger partial charge is 0.456 e. The molecule has 0 saturated heterocycles. The Morgan fingerprint density at radius 2 is 1.74 bits per heavy atom. The van der Waals surface area contributed by atoms with Crippen LogP contribution < -0.4 is 0 Å². The molecule has 23 heavy (non-hydrogen) atoms. The Morgan fingerprint density at radius 3 is 2.65 bits per heavy atom. The number of allylic oxidation sites excluding steroid dienone is 6. The minimum Gasteiger partial charge on any atom is -0.456 e. The van der Waals surface area contributed by atoms with Gasteiger partial charge in [0.05, 0.1) is 0 Å². The fraction of sp³-hybridized carbons (Fsp3) is 0.182. The van der Waals surface area contributed by atoms with E-state index in [9.17, 15) is 0 Å². The lowest BCUT2D eigenvalue weighted by molar-refractivity contribution is 0.651. The minimum atomic E-state index is 0.0302. The van der Waals surface area contributed by atoms with Crippen LogP contribution in [-0.4, -0.2) is 0 Å². The van der Waals surface area contributed by atoms with Crippen LogP contribution in [0.15, 0.2) is 70.7 Å². The second kappa shape index (κ2) is 4.26.